The molecule has 1 aliphatic rings. The number of fused-ring (bicyclic) bond motifs is 1. The third-order valence-corrected chi connectivity index (χ3v) is 5.78. The van der Waals surface area contributed by atoms with Gasteiger partial charge in [-0.3, -0.25) is 0 Å². The molecule has 0 amide bonds. The van der Waals surface area contributed by atoms with Crippen LogP contribution in [-0.4, -0.2) is 36.4 Å². The number of hydrogen-bond acceptors (Lipinski definition) is 6. The highest BCUT2D eigenvalue weighted by molar-refractivity contribution is 5.54. The van der Waals surface area contributed by atoms with E-state index in [1.54, 1.807) is 27.7 Å². The topological polar surface area (TPSA) is 82.7 Å². The molecule has 1 N–H and O–H groups in total. The Bertz CT molecular complexity index is 1330. The lowest BCUT2D eigenvalue weighted by Crippen LogP contribution is -2.21. The summed E-state index contributed by atoms with van der Waals surface area (Å²) in [7, 11) is 1.52. The smallest absolute Gasteiger partial charge is 0.416 e. The summed E-state index contributed by atoms with van der Waals surface area (Å²) in [6.45, 7) is 2.48. The summed E-state index contributed by atoms with van der Waals surface area (Å²) in [6.07, 6.45) is 0.368. The van der Waals surface area contributed by atoms with Crippen molar-refractivity contribution in [2.24, 2.45) is 0 Å². The van der Waals surface area contributed by atoms with Crippen LogP contribution in [0.5, 0.6) is 5.88 Å². The van der Waals surface area contributed by atoms with Crippen LogP contribution in [0.3, 0.4) is 0 Å². The molecular weight excluding hydrogens is 447 g/mol. The third kappa shape index (κ3) is 4.09. The Morgan fingerprint density at radius 1 is 1.12 bits per heavy atom. The van der Waals surface area contributed by atoms with Crippen molar-refractivity contribution < 1.29 is 17.9 Å². The molecule has 4 heterocycles. The highest BCUT2D eigenvalue weighted by Crippen LogP contribution is 2.40. The van der Waals surface area contributed by atoms with Crippen LogP contribution < -0.4 is 10.1 Å². The number of hydrogen-bond donors (Lipinski definition) is 1. The zero-order valence-electron chi connectivity index (χ0n) is 18.5. The van der Waals surface area contributed by atoms with Gasteiger partial charge >= 0.3 is 6.18 Å². The monoisotopic (exact) mass is 469 g/mol. The lowest BCUT2D eigenvalue weighted by molar-refractivity contribution is -0.138. The van der Waals surface area contributed by atoms with Crippen molar-refractivity contribution in [2.45, 2.75) is 38.4 Å². The van der Waals surface area contributed by atoms with Gasteiger partial charge in [0.25, 0.3) is 0 Å². The normalized spacial score (nSPS) is 15.7. The van der Waals surface area contributed by atoms with Crippen LogP contribution in [0.1, 0.15) is 41.4 Å². The lowest BCUT2D eigenvalue weighted by atomic mass is 9.88. The zero-order chi connectivity index (χ0) is 23.9. The average Bonchev–Trinajstić information content (AvgIpc) is 3.43. The minimum Gasteiger partial charge on any atom is -0.479 e. The number of aryl methyl sites for hydroxylation is 2. The molecule has 1 aromatic carbocycles. The molecule has 1 atom stereocenters. The zero-order valence-corrected chi connectivity index (χ0v) is 18.5. The van der Waals surface area contributed by atoms with Gasteiger partial charge in [-0.05, 0) is 43.5 Å². The van der Waals surface area contributed by atoms with Crippen molar-refractivity contribution in [1.82, 2.24) is 29.3 Å². The lowest BCUT2D eigenvalue weighted by Gasteiger charge is -2.25. The Balaban J connectivity index is 1.45. The highest BCUT2D eigenvalue weighted by atomic mass is 19.4. The summed E-state index contributed by atoms with van der Waals surface area (Å²) in [4.78, 5) is 13.2. The summed E-state index contributed by atoms with van der Waals surface area (Å²) < 4.78 is 49.8. The van der Waals surface area contributed by atoms with Crippen LogP contribution in [0.2, 0.25) is 0 Å². The van der Waals surface area contributed by atoms with Gasteiger partial charge in [0.1, 0.15) is 17.3 Å². The van der Waals surface area contributed by atoms with Crippen molar-refractivity contribution in [3.8, 4) is 11.6 Å². The molecule has 0 spiro atoms. The quantitative estimate of drug-likeness (QED) is 0.449. The van der Waals surface area contributed by atoms with Crippen molar-refractivity contribution in [1.29, 1.82) is 0 Å². The molecule has 0 saturated carbocycles. The van der Waals surface area contributed by atoms with Gasteiger partial charge in [0.15, 0.2) is 0 Å². The Morgan fingerprint density at radius 3 is 2.68 bits per heavy atom. The molecule has 3 aromatic heterocycles. The van der Waals surface area contributed by atoms with Crippen LogP contribution >= 0.6 is 0 Å². The molecular formula is C23H22F3N7O. The van der Waals surface area contributed by atoms with Gasteiger partial charge in [0.2, 0.25) is 11.8 Å². The Kier molecular flexibility index (Phi) is 5.46. The first-order valence-corrected chi connectivity index (χ1v) is 10.8. The van der Waals surface area contributed by atoms with E-state index in [0.717, 1.165) is 17.4 Å². The molecule has 176 valence electrons. The molecule has 0 aliphatic carbocycles. The fraction of sp³-hybridized carbons (Fsp3) is 0.304. The summed E-state index contributed by atoms with van der Waals surface area (Å²) in [5, 5.41) is 7.53. The van der Waals surface area contributed by atoms with Gasteiger partial charge in [0.05, 0.1) is 24.7 Å². The van der Waals surface area contributed by atoms with E-state index in [0.29, 0.717) is 36.9 Å². The number of pyridine rings is 1. The van der Waals surface area contributed by atoms with Crippen LogP contribution in [0.15, 0.2) is 48.9 Å². The van der Waals surface area contributed by atoms with E-state index >= 15 is 0 Å². The second kappa shape index (κ2) is 8.47. The molecule has 1 aliphatic heterocycles. The molecule has 0 fully saturated rings. The maximum Gasteiger partial charge on any atom is 0.416 e. The number of alkyl halides is 3. The number of ether oxygens (including phenoxy) is 1. The number of aromatic nitrogens is 6. The van der Waals surface area contributed by atoms with E-state index in [4.69, 9.17) is 4.74 Å². The Morgan fingerprint density at radius 2 is 1.94 bits per heavy atom. The standard InChI is InChI=1S/C23H22F3N7O/c1-14-12-32(13-27-14)18-9-10-19(28-21(18)34-2)29-22-30-20-16(7-5-11-33(20)31-22)15-6-3-4-8-17(15)23(24,25)26/h3-4,6,8-10,12-13,16H,5,7,11H2,1-2H3,(H,28,29,31). The van der Waals surface area contributed by atoms with E-state index in [-0.39, 0.29) is 11.5 Å². The van der Waals surface area contributed by atoms with Crippen molar-refractivity contribution in [3.05, 3.63) is 71.6 Å². The fourth-order valence-corrected chi connectivity index (χ4v) is 4.27. The van der Waals surface area contributed by atoms with Gasteiger partial charge < -0.3 is 14.6 Å². The number of halogens is 3. The first-order valence-electron chi connectivity index (χ1n) is 10.8. The maximum atomic E-state index is 13.6. The molecule has 11 heteroatoms. The molecule has 0 bridgehead atoms. The van der Waals surface area contributed by atoms with Crippen molar-refractivity contribution in [2.75, 3.05) is 12.4 Å². The van der Waals surface area contributed by atoms with E-state index in [1.807, 2.05) is 19.2 Å². The Labute approximate surface area is 193 Å². The number of nitrogens with zero attached hydrogens (tertiary/aromatic N) is 6. The predicted molar refractivity (Wildman–Crippen MR) is 118 cm³/mol. The second-order valence-corrected chi connectivity index (χ2v) is 8.07. The SMILES string of the molecule is COc1nc(Nc2nc3n(n2)CCCC3c2ccccc2C(F)(F)F)ccc1-n1cnc(C)c1. The summed E-state index contributed by atoms with van der Waals surface area (Å²) in [5.41, 5.74) is 1.16. The second-order valence-electron chi connectivity index (χ2n) is 8.07. The Hall–Kier alpha value is -3.89. The van der Waals surface area contributed by atoms with Crippen molar-refractivity contribution >= 4 is 11.8 Å². The van der Waals surface area contributed by atoms with Crippen LogP contribution in [0.4, 0.5) is 24.9 Å². The predicted octanol–water partition coefficient (Wildman–Crippen LogP) is 4.86. The third-order valence-electron chi connectivity index (χ3n) is 5.78. The molecule has 1 unspecified atom stereocenters. The minimum atomic E-state index is -4.43. The van der Waals surface area contributed by atoms with Crippen LogP contribution in [-0.2, 0) is 12.7 Å². The van der Waals surface area contributed by atoms with E-state index < -0.39 is 17.7 Å². The molecule has 8 nitrogen and oxygen atoms in total. The average molecular weight is 469 g/mol. The minimum absolute atomic E-state index is 0.217. The number of anilines is 2. The number of benzene rings is 1. The van der Waals surface area contributed by atoms with E-state index in [1.165, 1.54) is 19.2 Å². The van der Waals surface area contributed by atoms with Gasteiger partial charge in [0, 0.05) is 18.7 Å². The summed E-state index contributed by atoms with van der Waals surface area (Å²) in [5.74, 6) is 1.11. The number of rotatable bonds is 5. The maximum absolute atomic E-state index is 13.6. The van der Waals surface area contributed by atoms with Gasteiger partial charge in [-0.15, -0.1) is 5.10 Å². The molecule has 0 radical (unpaired) electrons. The first kappa shape index (κ1) is 21.9. The van der Waals surface area contributed by atoms with E-state index in [2.05, 4.69) is 25.4 Å². The summed E-state index contributed by atoms with van der Waals surface area (Å²) in [6, 6.07) is 9.24. The highest BCUT2D eigenvalue weighted by Gasteiger charge is 2.37. The summed E-state index contributed by atoms with van der Waals surface area (Å²) >= 11 is 0. The van der Waals surface area contributed by atoms with Gasteiger partial charge in [-0.2, -0.15) is 23.1 Å². The largest absolute Gasteiger partial charge is 0.479 e. The molecule has 5 rings (SSSR count). The van der Waals surface area contributed by atoms with Gasteiger partial charge in [-0.25, -0.2) is 9.67 Å². The molecule has 4 aromatic rings. The molecule has 34 heavy (non-hydrogen) atoms. The number of methoxy groups -OCH3 is 1. The fourth-order valence-electron chi connectivity index (χ4n) is 4.27. The molecule has 0 saturated heterocycles. The van der Waals surface area contributed by atoms with Crippen LogP contribution in [0, 0.1) is 6.92 Å². The van der Waals surface area contributed by atoms with E-state index in [9.17, 15) is 13.2 Å². The van der Waals surface area contributed by atoms with Crippen molar-refractivity contribution in [3.63, 3.8) is 0 Å². The van der Waals surface area contributed by atoms with Crippen LogP contribution in [0.25, 0.3) is 5.69 Å². The number of imidazole rings is 1. The number of nitrogens with one attached hydrogen (secondary N) is 1. The first-order chi connectivity index (χ1) is 16.3. The van der Waals surface area contributed by atoms with Gasteiger partial charge in [-0.1, -0.05) is 18.2 Å².